The second-order valence-corrected chi connectivity index (χ2v) is 5.60. The lowest BCUT2D eigenvalue weighted by Gasteiger charge is -2.04. The van der Waals surface area contributed by atoms with Crippen LogP contribution in [0.15, 0.2) is 81.8 Å². The van der Waals surface area contributed by atoms with Gasteiger partial charge in [0, 0.05) is 11.6 Å². The number of furan rings is 1. The predicted octanol–water partition coefficient (Wildman–Crippen LogP) is 4.30. The maximum atomic E-state index is 12.1. The molecule has 0 aliphatic carbocycles. The van der Waals surface area contributed by atoms with Crippen molar-refractivity contribution < 1.29 is 18.7 Å². The van der Waals surface area contributed by atoms with E-state index in [2.05, 4.69) is 4.99 Å². The molecule has 0 bridgehead atoms. The van der Waals surface area contributed by atoms with Crippen molar-refractivity contribution >= 4 is 17.9 Å². The van der Waals surface area contributed by atoms with Crippen LogP contribution in [-0.4, -0.2) is 19.0 Å². The summed E-state index contributed by atoms with van der Waals surface area (Å²) in [6.45, 7) is 0. The highest BCUT2D eigenvalue weighted by Crippen LogP contribution is 2.31. The first-order valence-electron chi connectivity index (χ1n) is 8.06. The van der Waals surface area contributed by atoms with Gasteiger partial charge in [-0.05, 0) is 36.4 Å². The molecule has 0 saturated carbocycles. The molecule has 0 N–H and O–H groups in total. The smallest absolute Gasteiger partial charge is 0.363 e. The fourth-order valence-electron chi connectivity index (χ4n) is 2.67. The Labute approximate surface area is 150 Å². The van der Waals surface area contributed by atoms with Gasteiger partial charge in [0.15, 0.2) is 5.70 Å². The van der Waals surface area contributed by atoms with Gasteiger partial charge in [0.2, 0.25) is 5.90 Å². The van der Waals surface area contributed by atoms with E-state index in [1.165, 1.54) is 0 Å². The number of methoxy groups -OCH3 is 1. The van der Waals surface area contributed by atoms with E-state index in [4.69, 9.17) is 13.9 Å². The molecule has 0 saturated heterocycles. The summed E-state index contributed by atoms with van der Waals surface area (Å²) in [5, 5.41) is 0. The topological polar surface area (TPSA) is 61.0 Å². The van der Waals surface area contributed by atoms with Crippen LogP contribution in [0.1, 0.15) is 11.3 Å². The number of rotatable bonds is 4. The summed E-state index contributed by atoms with van der Waals surface area (Å²) in [5.41, 5.74) is 1.78. The monoisotopic (exact) mass is 345 g/mol. The summed E-state index contributed by atoms with van der Waals surface area (Å²) in [6, 6.07) is 20.4. The number of para-hydroxylation sites is 1. The van der Waals surface area contributed by atoms with Crippen LogP contribution in [0.5, 0.6) is 5.75 Å². The Morgan fingerprint density at radius 3 is 2.54 bits per heavy atom. The van der Waals surface area contributed by atoms with Crippen LogP contribution in [0.4, 0.5) is 0 Å². The average molecular weight is 345 g/mol. The molecule has 0 fully saturated rings. The number of aliphatic imine (C=N–C) groups is 1. The van der Waals surface area contributed by atoms with Gasteiger partial charge in [0.05, 0.1) is 12.7 Å². The fraction of sp³-hybridized carbons (Fsp3) is 0.0476. The Balaban J connectivity index is 1.64. The second-order valence-electron chi connectivity index (χ2n) is 5.60. The van der Waals surface area contributed by atoms with Crippen LogP contribution in [-0.2, 0) is 9.53 Å². The first kappa shape index (κ1) is 15.9. The fourth-order valence-corrected chi connectivity index (χ4v) is 2.67. The van der Waals surface area contributed by atoms with E-state index in [0.717, 1.165) is 11.1 Å². The van der Waals surface area contributed by atoms with Crippen molar-refractivity contribution in [3.05, 3.63) is 83.8 Å². The lowest BCUT2D eigenvalue weighted by atomic mass is 10.1. The van der Waals surface area contributed by atoms with Crippen LogP contribution in [0.25, 0.3) is 17.4 Å². The Kier molecular flexibility index (Phi) is 4.11. The normalized spacial score (nSPS) is 15.0. The molecule has 1 aromatic heterocycles. The molecule has 0 atom stereocenters. The molecule has 1 aliphatic heterocycles. The van der Waals surface area contributed by atoms with Crippen molar-refractivity contribution in [3.8, 4) is 17.1 Å². The number of hydrogen-bond donors (Lipinski definition) is 0. The molecule has 0 radical (unpaired) electrons. The maximum absolute atomic E-state index is 12.1. The molecule has 1 aliphatic rings. The molecule has 4 rings (SSSR count). The summed E-state index contributed by atoms with van der Waals surface area (Å²) >= 11 is 0. The standard InChI is InChI=1S/C21H15NO4/c1-24-18-10-6-5-9-16(18)19-12-11-15(25-19)13-17-21(23)26-20(22-17)14-7-3-2-4-8-14/h2-13H,1H3/b17-13+. The lowest BCUT2D eigenvalue weighted by Crippen LogP contribution is -2.04. The van der Waals surface area contributed by atoms with Gasteiger partial charge in [-0.25, -0.2) is 9.79 Å². The number of benzene rings is 2. The van der Waals surface area contributed by atoms with E-state index >= 15 is 0 Å². The largest absolute Gasteiger partial charge is 0.496 e. The molecule has 3 aromatic rings. The van der Waals surface area contributed by atoms with Crippen molar-refractivity contribution in [3.63, 3.8) is 0 Å². The van der Waals surface area contributed by atoms with Gasteiger partial charge < -0.3 is 13.9 Å². The molecule has 5 heteroatoms. The molecule has 0 unspecified atom stereocenters. The van der Waals surface area contributed by atoms with Gasteiger partial charge in [-0.15, -0.1) is 0 Å². The van der Waals surface area contributed by atoms with Gasteiger partial charge in [-0.1, -0.05) is 30.3 Å². The molecule has 128 valence electrons. The quantitative estimate of drug-likeness (QED) is 0.522. The van der Waals surface area contributed by atoms with Crippen molar-refractivity contribution in [1.29, 1.82) is 0 Å². The molecule has 26 heavy (non-hydrogen) atoms. The summed E-state index contributed by atoms with van der Waals surface area (Å²) in [4.78, 5) is 16.3. The highest BCUT2D eigenvalue weighted by Gasteiger charge is 2.24. The Morgan fingerprint density at radius 1 is 0.962 bits per heavy atom. The zero-order valence-electron chi connectivity index (χ0n) is 14.0. The van der Waals surface area contributed by atoms with Crippen molar-refractivity contribution in [2.75, 3.05) is 7.11 Å². The second kappa shape index (κ2) is 6.72. The van der Waals surface area contributed by atoms with E-state index in [1.807, 2.05) is 60.7 Å². The summed E-state index contributed by atoms with van der Waals surface area (Å²) < 4.78 is 16.4. The van der Waals surface area contributed by atoms with Gasteiger partial charge in [0.1, 0.15) is 17.3 Å². The zero-order chi connectivity index (χ0) is 17.9. The third kappa shape index (κ3) is 3.02. The van der Waals surface area contributed by atoms with Gasteiger partial charge >= 0.3 is 5.97 Å². The van der Waals surface area contributed by atoms with Gasteiger partial charge in [0.25, 0.3) is 0 Å². The number of nitrogens with zero attached hydrogens (tertiary/aromatic N) is 1. The van der Waals surface area contributed by atoms with Crippen molar-refractivity contribution in [2.45, 2.75) is 0 Å². The van der Waals surface area contributed by atoms with E-state index in [1.54, 1.807) is 19.3 Å². The summed E-state index contributed by atoms with van der Waals surface area (Å²) in [7, 11) is 1.61. The number of carbonyl (C=O) groups is 1. The van der Waals surface area contributed by atoms with Gasteiger partial charge in [-0.2, -0.15) is 0 Å². The molecule has 5 nitrogen and oxygen atoms in total. The van der Waals surface area contributed by atoms with E-state index in [-0.39, 0.29) is 5.70 Å². The Bertz CT molecular complexity index is 1020. The minimum atomic E-state index is -0.501. The van der Waals surface area contributed by atoms with E-state index in [9.17, 15) is 4.79 Å². The molecule has 0 amide bonds. The van der Waals surface area contributed by atoms with Crippen LogP contribution < -0.4 is 4.74 Å². The Morgan fingerprint density at radius 2 is 1.73 bits per heavy atom. The molecule has 0 spiro atoms. The third-order valence-corrected chi connectivity index (χ3v) is 3.92. The van der Waals surface area contributed by atoms with Crippen LogP contribution in [0.2, 0.25) is 0 Å². The molecule has 2 aromatic carbocycles. The van der Waals surface area contributed by atoms with Gasteiger partial charge in [-0.3, -0.25) is 0 Å². The molecular weight excluding hydrogens is 330 g/mol. The maximum Gasteiger partial charge on any atom is 0.363 e. The molecule has 2 heterocycles. The molecular formula is C21H15NO4. The minimum absolute atomic E-state index is 0.199. The van der Waals surface area contributed by atoms with Crippen LogP contribution in [0.3, 0.4) is 0 Å². The van der Waals surface area contributed by atoms with E-state index < -0.39 is 5.97 Å². The third-order valence-electron chi connectivity index (χ3n) is 3.92. The first-order valence-corrected chi connectivity index (χ1v) is 8.06. The SMILES string of the molecule is COc1ccccc1-c1ccc(/C=C2/N=C(c3ccccc3)OC2=O)o1. The average Bonchev–Trinajstić information content (AvgIpc) is 3.30. The van der Waals surface area contributed by atoms with E-state index in [0.29, 0.717) is 23.2 Å². The minimum Gasteiger partial charge on any atom is -0.496 e. The van der Waals surface area contributed by atoms with Crippen molar-refractivity contribution in [1.82, 2.24) is 0 Å². The number of carbonyl (C=O) groups excluding carboxylic acids is 1. The first-order chi connectivity index (χ1) is 12.7. The Hall–Kier alpha value is -3.60. The number of cyclic esters (lactones) is 1. The number of esters is 1. The number of ether oxygens (including phenoxy) is 2. The highest BCUT2D eigenvalue weighted by molar-refractivity contribution is 6.12. The number of hydrogen-bond acceptors (Lipinski definition) is 5. The highest BCUT2D eigenvalue weighted by atomic mass is 16.6. The predicted molar refractivity (Wildman–Crippen MR) is 97.7 cm³/mol. The summed E-state index contributed by atoms with van der Waals surface area (Å²) in [6.07, 6.45) is 1.57. The lowest BCUT2D eigenvalue weighted by molar-refractivity contribution is -0.129. The summed E-state index contributed by atoms with van der Waals surface area (Å²) in [5.74, 6) is 1.66. The van der Waals surface area contributed by atoms with Crippen LogP contribution >= 0.6 is 0 Å². The zero-order valence-corrected chi connectivity index (χ0v) is 14.0. The van der Waals surface area contributed by atoms with Crippen LogP contribution in [0, 0.1) is 0 Å². The van der Waals surface area contributed by atoms with Crippen molar-refractivity contribution in [2.24, 2.45) is 4.99 Å².